The number of guanidine groups is 1. The standard InChI is InChI=1S/C19H33N3O3/c1-17-7-9-18(10-8-17)25-14-5-4-11-21-19(20-2)22-12-6-13-24-16-15-23-3/h7-10H,4-6,11-16H2,1-3H3,(H2,20,21,22). The summed E-state index contributed by atoms with van der Waals surface area (Å²) < 4.78 is 16.1. The average molecular weight is 351 g/mol. The summed E-state index contributed by atoms with van der Waals surface area (Å²) in [6, 6.07) is 8.15. The third-order valence-corrected chi connectivity index (χ3v) is 3.57. The topological polar surface area (TPSA) is 64.1 Å². The monoisotopic (exact) mass is 351 g/mol. The van der Waals surface area contributed by atoms with E-state index in [0.29, 0.717) is 13.2 Å². The van der Waals surface area contributed by atoms with Gasteiger partial charge in [0.25, 0.3) is 0 Å². The summed E-state index contributed by atoms with van der Waals surface area (Å²) in [6.45, 7) is 6.53. The minimum absolute atomic E-state index is 0.643. The van der Waals surface area contributed by atoms with E-state index in [9.17, 15) is 0 Å². The first-order valence-electron chi connectivity index (χ1n) is 8.97. The molecule has 2 N–H and O–H groups in total. The zero-order valence-electron chi connectivity index (χ0n) is 15.8. The predicted octanol–water partition coefficient (Wildman–Crippen LogP) is 2.37. The lowest BCUT2D eigenvalue weighted by molar-refractivity contribution is 0.0698. The first-order valence-corrected chi connectivity index (χ1v) is 8.97. The van der Waals surface area contributed by atoms with Crippen molar-refractivity contribution in [3.05, 3.63) is 29.8 Å². The van der Waals surface area contributed by atoms with Gasteiger partial charge in [-0.3, -0.25) is 4.99 Å². The normalized spacial score (nSPS) is 11.4. The molecule has 0 spiro atoms. The molecule has 1 rings (SSSR count). The number of rotatable bonds is 13. The number of aliphatic imine (C=N–C) groups is 1. The van der Waals surface area contributed by atoms with Gasteiger partial charge in [0, 0.05) is 33.9 Å². The maximum Gasteiger partial charge on any atom is 0.190 e. The second kappa shape index (κ2) is 14.5. The van der Waals surface area contributed by atoms with Crippen LogP contribution in [-0.2, 0) is 9.47 Å². The highest BCUT2D eigenvalue weighted by Crippen LogP contribution is 2.11. The van der Waals surface area contributed by atoms with Crippen LogP contribution in [0.4, 0.5) is 0 Å². The Morgan fingerprint density at radius 1 is 0.920 bits per heavy atom. The molecule has 25 heavy (non-hydrogen) atoms. The lowest BCUT2D eigenvalue weighted by Gasteiger charge is -2.12. The molecule has 0 aliphatic carbocycles. The van der Waals surface area contributed by atoms with Crippen LogP contribution in [0.1, 0.15) is 24.8 Å². The first kappa shape index (κ1) is 21.3. The zero-order valence-corrected chi connectivity index (χ0v) is 15.8. The number of nitrogens with zero attached hydrogens (tertiary/aromatic N) is 1. The van der Waals surface area contributed by atoms with Crippen LogP contribution in [-0.4, -0.2) is 59.6 Å². The molecule has 0 radical (unpaired) electrons. The van der Waals surface area contributed by atoms with Gasteiger partial charge in [0.15, 0.2) is 5.96 Å². The minimum Gasteiger partial charge on any atom is -0.494 e. The number of nitrogens with one attached hydrogen (secondary N) is 2. The molecule has 0 aromatic heterocycles. The van der Waals surface area contributed by atoms with Gasteiger partial charge >= 0.3 is 0 Å². The van der Waals surface area contributed by atoms with E-state index < -0.39 is 0 Å². The van der Waals surface area contributed by atoms with Gasteiger partial charge < -0.3 is 24.8 Å². The molecule has 6 nitrogen and oxygen atoms in total. The Bertz CT molecular complexity index is 463. The molecule has 142 valence electrons. The predicted molar refractivity (Wildman–Crippen MR) is 103 cm³/mol. The highest BCUT2D eigenvalue weighted by molar-refractivity contribution is 5.79. The maximum atomic E-state index is 5.72. The van der Waals surface area contributed by atoms with Crippen LogP contribution in [0.15, 0.2) is 29.3 Å². The van der Waals surface area contributed by atoms with E-state index in [1.807, 2.05) is 12.1 Å². The van der Waals surface area contributed by atoms with E-state index in [1.165, 1.54) is 5.56 Å². The van der Waals surface area contributed by atoms with E-state index in [0.717, 1.165) is 57.3 Å². The smallest absolute Gasteiger partial charge is 0.190 e. The number of ether oxygens (including phenoxy) is 3. The molecule has 0 fully saturated rings. The molecule has 0 atom stereocenters. The molecule has 0 aliphatic heterocycles. The molecule has 0 bridgehead atoms. The van der Waals surface area contributed by atoms with Crippen LogP contribution >= 0.6 is 0 Å². The van der Waals surface area contributed by atoms with Crippen LogP contribution in [0.5, 0.6) is 5.75 Å². The van der Waals surface area contributed by atoms with Gasteiger partial charge in [0.05, 0.1) is 19.8 Å². The van der Waals surface area contributed by atoms with Crippen molar-refractivity contribution in [3.63, 3.8) is 0 Å². The molecule has 0 aliphatic rings. The summed E-state index contributed by atoms with van der Waals surface area (Å²) in [4.78, 5) is 4.21. The van der Waals surface area contributed by atoms with E-state index in [-0.39, 0.29) is 0 Å². The zero-order chi connectivity index (χ0) is 18.2. The van der Waals surface area contributed by atoms with Gasteiger partial charge in [-0.05, 0) is 38.3 Å². The Morgan fingerprint density at radius 2 is 1.64 bits per heavy atom. The molecule has 0 amide bonds. The van der Waals surface area contributed by atoms with Crippen molar-refractivity contribution >= 4 is 5.96 Å². The van der Waals surface area contributed by atoms with E-state index in [1.54, 1.807) is 14.2 Å². The van der Waals surface area contributed by atoms with Crippen molar-refractivity contribution in [1.82, 2.24) is 10.6 Å². The number of unbranched alkanes of at least 4 members (excludes halogenated alkanes) is 1. The molecule has 0 saturated heterocycles. The van der Waals surface area contributed by atoms with Gasteiger partial charge in [-0.2, -0.15) is 0 Å². The summed E-state index contributed by atoms with van der Waals surface area (Å²) in [6.07, 6.45) is 2.98. The van der Waals surface area contributed by atoms with Gasteiger partial charge in [0.2, 0.25) is 0 Å². The summed E-state index contributed by atoms with van der Waals surface area (Å²) in [5.74, 6) is 1.76. The molecule has 1 aromatic carbocycles. The Balaban J connectivity index is 1.97. The Morgan fingerprint density at radius 3 is 2.32 bits per heavy atom. The quantitative estimate of drug-likeness (QED) is 0.324. The van der Waals surface area contributed by atoms with E-state index >= 15 is 0 Å². The fourth-order valence-corrected chi connectivity index (χ4v) is 2.10. The van der Waals surface area contributed by atoms with Crippen LogP contribution in [0.3, 0.4) is 0 Å². The third-order valence-electron chi connectivity index (χ3n) is 3.57. The van der Waals surface area contributed by atoms with Gasteiger partial charge in [-0.15, -0.1) is 0 Å². The van der Waals surface area contributed by atoms with Crippen molar-refractivity contribution in [3.8, 4) is 5.75 Å². The largest absolute Gasteiger partial charge is 0.494 e. The molecular weight excluding hydrogens is 318 g/mol. The molecular formula is C19H33N3O3. The SMILES string of the molecule is CN=C(NCCCCOc1ccc(C)cc1)NCCCOCCOC. The molecule has 6 heteroatoms. The third kappa shape index (κ3) is 11.4. The fourth-order valence-electron chi connectivity index (χ4n) is 2.10. The average Bonchev–Trinajstić information content (AvgIpc) is 2.63. The molecule has 0 unspecified atom stereocenters. The first-order chi connectivity index (χ1) is 12.3. The summed E-state index contributed by atoms with van der Waals surface area (Å²) in [5, 5.41) is 6.59. The summed E-state index contributed by atoms with van der Waals surface area (Å²) in [5.41, 5.74) is 1.25. The molecule has 1 aromatic rings. The highest BCUT2D eigenvalue weighted by Gasteiger charge is 1.98. The number of aryl methyl sites for hydroxylation is 1. The summed E-state index contributed by atoms with van der Waals surface area (Å²) >= 11 is 0. The highest BCUT2D eigenvalue weighted by atomic mass is 16.5. The Labute approximate surface area is 152 Å². The maximum absolute atomic E-state index is 5.72. The van der Waals surface area contributed by atoms with Crippen LogP contribution in [0.2, 0.25) is 0 Å². The van der Waals surface area contributed by atoms with Crippen LogP contribution in [0.25, 0.3) is 0 Å². The van der Waals surface area contributed by atoms with Gasteiger partial charge in [-0.1, -0.05) is 17.7 Å². The Hall–Kier alpha value is -1.79. The number of benzene rings is 1. The minimum atomic E-state index is 0.643. The molecule has 0 heterocycles. The second-order valence-electron chi connectivity index (χ2n) is 5.75. The van der Waals surface area contributed by atoms with Gasteiger partial charge in [0.1, 0.15) is 5.75 Å². The van der Waals surface area contributed by atoms with Crippen molar-refractivity contribution in [1.29, 1.82) is 0 Å². The van der Waals surface area contributed by atoms with E-state index in [2.05, 4.69) is 34.7 Å². The van der Waals surface area contributed by atoms with Crippen molar-refractivity contribution in [2.24, 2.45) is 4.99 Å². The van der Waals surface area contributed by atoms with Crippen LogP contribution < -0.4 is 15.4 Å². The second-order valence-corrected chi connectivity index (χ2v) is 5.75. The van der Waals surface area contributed by atoms with Crippen molar-refractivity contribution in [2.75, 3.05) is 53.7 Å². The summed E-state index contributed by atoms with van der Waals surface area (Å²) in [7, 11) is 3.46. The van der Waals surface area contributed by atoms with Gasteiger partial charge in [-0.25, -0.2) is 0 Å². The van der Waals surface area contributed by atoms with Crippen molar-refractivity contribution < 1.29 is 14.2 Å². The number of hydrogen-bond acceptors (Lipinski definition) is 4. The molecule has 0 saturated carbocycles. The van der Waals surface area contributed by atoms with Crippen molar-refractivity contribution in [2.45, 2.75) is 26.2 Å². The van der Waals surface area contributed by atoms with Crippen LogP contribution in [0, 0.1) is 6.92 Å². The van der Waals surface area contributed by atoms with E-state index in [4.69, 9.17) is 14.2 Å². The number of methoxy groups -OCH3 is 1. The Kier molecular flexibility index (Phi) is 12.4. The lowest BCUT2D eigenvalue weighted by Crippen LogP contribution is -2.38. The number of hydrogen-bond donors (Lipinski definition) is 2. The lowest BCUT2D eigenvalue weighted by atomic mass is 10.2. The fraction of sp³-hybridized carbons (Fsp3) is 0.632.